The van der Waals surface area contributed by atoms with Gasteiger partial charge < -0.3 is 19.7 Å². The molecule has 31 heavy (non-hydrogen) atoms. The molecule has 3 aromatic rings. The number of para-hydroxylation sites is 1. The van der Waals surface area contributed by atoms with Crippen molar-refractivity contribution in [3.63, 3.8) is 0 Å². The van der Waals surface area contributed by atoms with Gasteiger partial charge in [0.15, 0.2) is 0 Å². The molecular formula is C24H28N4O3-2. The number of nitrogens with one attached hydrogen (secondary N) is 2. The molecule has 7 nitrogen and oxygen atoms in total. The quantitative estimate of drug-likeness (QED) is 0.588. The molecule has 1 aliphatic rings. The Balaban J connectivity index is 1.65. The lowest BCUT2D eigenvalue weighted by Crippen LogP contribution is -2.76. The summed E-state index contributed by atoms with van der Waals surface area (Å²) in [4.78, 5) is 13.8. The first-order chi connectivity index (χ1) is 15.0. The van der Waals surface area contributed by atoms with Crippen molar-refractivity contribution in [2.45, 2.75) is 38.0 Å². The van der Waals surface area contributed by atoms with E-state index in [1.807, 2.05) is 75.5 Å². The van der Waals surface area contributed by atoms with E-state index in [0.29, 0.717) is 13.1 Å². The third-order valence-corrected chi connectivity index (χ3v) is 6.34. The van der Waals surface area contributed by atoms with Crippen LogP contribution in [0.25, 0.3) is 22.2 Å². The maximum absolute atomic E-state index is 13.2. The molecule has 1 fully saturated rings. The molecule has 2 aromatic carbocycles. The van der Waals surface area contributed by atoms with Crippen LogP contribution in [0.1, 0.15) is 25.3 Å². The second-order valence-corrected chi connectivity index (χ2v) is 7.93. The lowest BCUT2D eigenvalue weighted by Gasteiger charge is -2.61. The minimum atomic E-state index is -1.16. The van der Waals surface area contributed by atoms with E-state index in [9.17, 15) is 15.0 Å². The lowest BCUT2D eigenvalue weighted by atomic mass is 9.69. The summed E-state index contributed by atoms with van der Waals surface area (Å²) >= 11 is 0. The number of aromatic nitrogens is 1. The van der Waals surface area contributed by atoms with Crippen molar-refractivity contribution in [3.05, 3.63) is 60.2 Å². The number of rotatable bonds is 6. The van der Waals surface area contributed by atoms with E-state index in [-0.39, 0.29) is 6.03 Å². The number of urea groups is 1. The molecule has 0 bridgehead atoms. The maximum atomic E-state index is 13.2. The van der Waals surface area contributed by atoms with Crippen LogP contribution in [0.15, 0.2) is 54.6 Å². The van der Waals surface area contributed by atoms with Crippen LogP contribution in [0, 0.1) is 0 Å². The minimum absolute atomic E-state index is 0.331. The standard InChI is InChI=1S/C24H28N4O3/c1-4-28(5-2)24(31)26-25-20-22(29)19(23(20)30)18-16-13-9-10-14-17(16)27(3)21(18)15-11-7-6-8-12-15/h6-14,19-20,22-23,25H,4-5H2,1-3H3,(H,26,31)/q-2. The van der Waals surface area contributed by atoms with Gasteiger partial charge >= 0.3 is 6.03 Å². The Bertz CT molecular complexity index is 1050. The fourth-order valence-corrected chi connectivity index (χ4v) is 4.61. The number of fused-ring (bicyclic) bond motifs is 1. The van der Waals surface area contributed by atoms with Crippen molar-refractivity contribution >= 4 is 16.9 Å². The Morgan fingerprint density at radius 2 is 1.61 bits per heavy atom. The highest BCUT2D eigenvalue weighted by Crippen LogP contribution is 2.44. The summed E-state index contributed by atoms with van der Waals surface area (Å²) in [5.41, 5.74) is 8.92. The first-order valence-corrected chi connectivity index (χ1v) is 10.7. The van der Waals surface area contributed by atoms with Crippen LogP contribution in [-0.2, 0) is 7.05 Å². The zero-order valence-electron chi connectivity index (χ0n) is 18.0. The van der Waals surface area contributed by atoms with Crippen LogP contribution in [-0.4, -0.2) is 46.8 Å². The Morgan fingerprint density at radius 3 is 2.26 bits per heavy atom. The molecule has 2 unspecified atom stereocenters. The fourth-order valence-electron chi connectivity index (χ4n) is 4.61. The van der Waals surface area contributed by atoms with Gasteiger partial charge in [-0.05, 0) is 37.0 Å². The predicted octanol–water partition coefficient (Wildman–Crippen LogP) is 1.32. The molecule has 4 rings (SSSR count). The Hall–Kier alpha value is -2.87. The molecule has 0 saturated heterocycles. The predicted molar refractivity (Wildman–Crippen MR) is 117 cm³/mol. The molecule has 0 aliphatic heterocycles. The average Bonchev–Trinajstić information content (AvgIpc) is 3.07. The van der Waals surface area contributed by atoms with E-state index in [4.69, 9.17) is 0 Å². The van der Waals surface area contributed by atoms with Gasteiger partial charge in [-0.3, -0.25) is 5.43 Å². The highest BCUT2D eigenvalue weighted by molar-refractivity contribution is 5.93. The summed E-state index contributed by atoms with van der Waals surface area (Å²) in [6.45, 7) is 4.85. The largest absolute Gasteiger partial charge is 0.850 e. The van der Waals surface area contributed by atoms with Gasteiger partial charge in [-0.2, -0.15) is 0 Å². The molecular weight excluding hydrogens is 392 g/mol. The van der Waals surface area contributed by atoms with Crippen LogP contribution in [0.2, 0.25) is 0 Å². The molecule has 2 amide bonds. The molecule has 164 valence electrons. The number of hydrogen-bond acceptors (Lipinski definition) is 4. The summed E-state index contributed by atoms with van der Waals surface area (Å²) < 4.78 is 2.06. The van der Waals surface area contributed by atoms with Gasteiger partial charge in [0.1, 0.15) is 0 Å². The topological polar surface area (TPSA) is 95.4 Å². The Labute approximate surface area is 182 Å². The van der Waals surface area contributed by atoms with Crippen molar-refractivity contribution in [1.29, 1.82) is 0 Å². The summed E-state index contributed by atoms with van der Waals surface area (Å²) in [5.74, 6) is -0.691. The van der Waals surface area contributed by atoms with Gasteiger partial charge in [0.2, 0.25) is 0 Å². The molecule has 1 heterocycles. The summed E-state index contributed by atoms with van der Waals surface area (Å²) in [5, 5.41) is 27.3. The van der Waals surface area contributed by atoms with E-state index < -0.39 is 24.2 Å². The number of nitrogens with zero attached hydrogens (tertiary/aromatic N) is 2. The third kappa shape index (κ3) is 3.59. The molecule has 0 radical (unpaired) electrons. The van der Waals surface area contributed by atoms with Crippen LogP contribution in [0.5, 0.6) is 0 Å². The number of hydrogen-bond donors (Lipinski definition) is 2. The monoisotopic (exact) mass is 420 g/mol. The number of hydrazine groups is 1. The van der Waals surface area contributed by atoms with E-state index in [0.717, 1.165) is 27.7 Å². The van der Waals surface area contributed by atoms with Gasteiger partial charge in [-0.25, -0.2) is 10.2 Å². The summed E-state index contributed by atoms with van der Waals surface area (Å²) in [6.07, 6.45) is -2.32. The van der Waals surface area contributed by atoms with Crippen LogP contribution >= 0.6 is 0 Å². The second-order valence-electron chi connectivity index (χ2n) is 7.93. The number of benzene rings is 2. The van der Waals surface area contributed by atoms with E-state index in [1.165, 1.54) is 0 Å². The molecule has 2 atom stereocenters. The molecule has 7 heteroatoms. The zero-order valence-corrected chi connectivity index (χ0v) is 18.0. The van der Waals surface area contributed by atoms with Crippen molar-refractivity contribution in [1.82, 2.24) is 20.3 Å². The highest BCUT2D eigenvalue weighted by atomic mass is 16.3. The SMILES string of the molecule is CCN(CC)C(=O)NNC1C([O-])C(c2c(-c3ccccc3)n(C)c3ccccc23)C1[O-]. The number of amides is 2. The van der Waals surface area contributed by atoms with E-state index in [2.05, 4.69) is 15.4 Å². The van der Waals surface area contributed by atoms with Crippen LogP contribution in [0.4, 0.5) is 4.79 Å². The van der Waals surface area contributed by atoms with Crippen molar-refractivity contribution in [2.24, 2.45) is 7.05 Å². The molecule has 0 spiro atoms. The summed E-state index contributed by atoms with van der Waals surface area (Å²) in [7, 11) is 1.96. The van der Waals surface area contributed by atoms with Crippen LogP contribution < -0.4 is 21.1 Å². The second kappa shape index (κ2) is 8.70. The van der Waals surface area contributed by atoms with Crippen molar-refractivity contribution < 1.29 is 15.0 Å². The minimum Gasteiger partial charge on any atom is -0.850 e. The van der Waals surface area contributed by atoms with Gasteiger partial charge in [-0.15, -0.1) is 12.2 Å². The zero-order chi connectivity index (χ0) is 22.1. The van der Waals surface area contributed by atoms with Crippen molar-refractivity contribution in [3.8, 4) is 11.3 Å². The fraction of sp³-hybridized carbons (Fsp3) is 0.375. The maximum Gasteiger partial charge on any atom is 0.331 e. The Morgan fingerprint density at radius 1 is 1.00 bits per heavy atom. The molecule has 1 aromatic heterocycles. The lowest BCUT2D eigenvalue weighted by molar-refractivity contribution is -0.536. The number of carbonyl (C=O) groups excluding carboxylic acids is 1. The Kier molecular flexibility index (Phi) is 6.00. The van der Waals surface area contributed by atoms with Gasteiger partial charge in [0.25, 0.3) is 0 Å². The number of aryl methyl sites for hydroxylation is 1. The molecule has 1 aliphatic carbocycles. The van der Waals surface area contributed by atoms with Gasteiger partial charge in [0.05, 0.1) is 5.69 Å². The average molecular weight is 421 g/mol. The smallest absolute Gasteiger partial charge is 0.331 e. The van der Waals surface area contributed by atoms with E-state index >= 15 is 0 Å². The first kappa shape index (κ1) is 21.4. The summed E-state index contributed by atoms with van der Waals surface area (Å²) in [6, 6.07) is 16.5. The van der Waals surface area contributed by atoms with Crippen molar-refractivity contribution in [2.75, 3.05) is 13.1 Å². The molecule has 2 N–H and O–H groups in total. The third-order valence-electron chi connectivity index (χ3n) is 6.34. The van der Waals surface area contributed by atoms with Gasteiger partial charge in [0, 0.05) is 37.1 Å². The molecule has 1 saturated carbocycles. The first-order valence-electron chi connectivity index (χ1n) is 10.7. The van der Waals surface area contributed by atoms with Gasteiger partial charge in [-0.1, -0.05) is 48.5 Å². The number of carbonyl (C=O) groups is 1. The van der Waals surface area contributed by atoms with Crippen LogP contribution in [0.3, 0.4) is 0 Å². The highest BCUT2D eigenvalue weighted by Gasteiger charge is 2.41. The normalized spacial score (nSPS) is 22.9. The van der Waals surface area contributed by atoms with E-state index in [1.54, 1.807) is 4.90 Å².